The Hall–Kier alpha value is -3.99. The summed E-state index contributed by atoms with van der Waals surface area (Å²) in [6.45, 7) is 1.70. The Balaban J connectivity index is 1.78. The Bertz CT molecular complexity index is 1460. The highest BCUT2D eigenvalue weighted by atomic mass is 16.4. The Morgan fingerprint density at radius 1 is 1.03 bits per heavy atom. The van der Waals surface area contributed by atoms with Crippen LogP contribution in [0.25, 0.3) is 16.9 Å². The molecule has 5 rings (SSSR count). The molecule has 10 heteroatoms. The molecule has 1 fully saturated rings. The number of phenolic OH excluding ortho intramolecular Hbond substituents is 1. The van der Waals surface area contributed by atoms with Gasteiger partial charge in [0.1, 0.15) is 22.8 Å². The van der Waals surface area contributed by atoms with Crippen LogP contribution < -0.4 is 5.73 Å². The minimum absolute atomic E-state index is 0.0410. The second-order valence-electron chi connectivity index (χ2n) is 10.4. The summed E-state index contributed by atoms with van der Waals surface area (Å²) >= 11 is 0. The van der Waals surface area contributed by atoms with Crippen molar-refractivity contribution in [1.82, 2.24) is 4.90 Å². The first-order chi connectivity index (χ1) is 17.8. The molecular formula is C28H28N2O8. The number of aromatic hydroxyl groups is 1. The smallest absolute Gasteiger partial charge is 0.255 e. The first-order valence-corrected chi connectivity index (χ1v) is 12.1. The first kappa shape index (κ1) is 25.7. The highest BCUT2D eigenvalue weighted by molar-refractivity contribution is 6.24. The number of carbonyl (C=O) groups excluding carboxylic acids is 3. The van der Waals surface area contributed by atoms with E-state index in [1.54, 1.807) is 13.0 Å². The molecule has 10 nitrogen and oxygen atoms in total. The third kappa shape index (κ3) is 3.20. The maximum absolute atomic E-state index is 13.9. The minimum atomic E-state index is -2.93. The van der Waals surface area contributed by atoms with Crippen LogP contribution in [0, 0.1) is 11.8 Å². The molecular weight excluding hydrogens is 492 g/mol. The molecule has 0 saturated heterocycles. The topological polar surface area (TPSA) is 182 Å². The zero-order valence-corrected chi connectivity index (χ0v) is 20.9. The number of likely N-dealkylation sites (N-methyl/N-ethyl adjacent to an activating group) is 1. The van der Waals surface area contributed by atoms with Gasteiger partial charge in [0.25, 0.3) is 5.91 Å². The molecule has 1 saturated carbocycles. The molecule has 0 aliphatic heterocycles. The van der Waals surface area contributed by atoms with Gasteiger partial charge in [-0.05, 0) is 48.8 Å². The SMILES string of the molecule is C[C@H]1c2cc(-c3ccccc3)cc(O)c2C(O)=C2C(=O)[C@]3(O)C(O)=C(C(N)=O)C(=O)[C@@H](N(C)C)[C@@H]3[C@@H](O)[C@@H]21. The summed E-state index contributed by atoms with van der Waals surface area (Å²) in [5.41, 5.74) is 2.88. The number of rotatable bonds is 3. The minimum Gasteiger partial charge on any atom is -0.508 e. The fourth-order valence-electron chi connectivity index (χ4n) is 6.44. The average Bonchev–Trinajstić information content (AvgIpc) is 2.86. The summed E-state index contributed by atoms with van der Waals surface area (Å²) in [6, 6.07) is 11.0. The third-order valence-electron chi connectivity index (χ3n) is 8.17. The number of Topliss-reactive ketones (excluding diaryl/α,β-unsaturated/α-hetero) is 2. The van der Waals surface area contributed by atoms with Gasteiger partial charge in [-0.1, -0.05) is 37.3 Å². The van der Waals surface area contributed by atoms with Gasteiger partial charge in [0, 0.05) is 11.5 Å². The molecule has 2 aromatic rings. The second-order valence-corrected chi connectivity index (χ2v) is 10.4. The van der Waals surface area contributed by atoms with E-state index in [2.05, 4.69) is 0 Å². The molecule has 2 aromatic carbocycles. The van der Waals surface area contributed by atoms with Crippen LogP contribution >= 0.6 is 0 Å². The van der Waals surface area contributed by atoms with Gasteiger partial charge < -0.3 is 31.3 Å². The highest BCUT2D eigenvalue weighted by Crippen LogP contribution is 2.56. The van der Waals surface area contributed by atoms with Gasteiger partial charge in [-0.3, -0.25) is 19.3 Å². The van der Waals surface area contributed by atoms with Crippen molar-refractivity contribution in [2.75, 3.05) is 14.1 Å². The number of fused-ring (bicyclic) bond motifs is 3. The van der Waals surface area contributed by atoms with Crippen molar-refractivity contribution >= 4 is 23.2 Å². The fraction of sp³-hybridized carbons (Fsp3) is 0.321. The summed E-state index contributed by atoms with van der Waals surface area (Å²) in [5, 5.41) is 56.5. The van der Waals surface area contributed by atoms with Gasteiger partial charge in [-0.25, -0.2) is 0 Å². The Labute approximate surface area is 217 Å². The molecule has 198 valence electrons. The molecule has 0 radical (unpaired) electrons. The summed E-state index contributed by atoms with van der Waals surface area (Å²) in [7, 11) is 2.93. The number of amides is 1. The van der Waals surface area contributed by atoms with Crippen LogP contribution in [0.15, 0.2) is 59.4 Å². The van der Waals surface area contributed by atoms with Gasteiger partial charge in [0.15, 0.2) is 11.4 Å². The summed E-state index contributed by atoms with van der Waals surface area (Å²) < 4.78 is 0. The highest BCUT2D eigenvalue weighted by Gasteiger charge is 2.68. The molecule has 38 heavy (non-hydrogen) atoms. The lowest BCUT2D eigenvalue weighted by molar-refractivity contribution is -0.169. The van der Waals surface area contributed by atoms with Crippen LogP contribution in [-0.4, -0.2) is 79.7 Å². The average molecular weight is 521 g/mol. The van der Waals surface area contributed by atoms with E-state index in [9.17, 15) is 39.9 Å². The number of primary amides is 1. The Morgan fingerprint density at radius 3 is 2.24 bits per heavy atom. The molecule has 3 aliphatic carbocycles. The number of carbonyl (C=O) groups is 3. The molecule has 0 bridgehead atoms. The summed E-state index contributed by atoms with van der Waals surface area (Å²) in [6.07, 6.45) is -1.63. The van der Waals surface area contributed by atoms with Crippen LogP contribution in [-0.2, 0) is 14.4 Å². The number of phenols is 1. The lowest BCUT2D eigenvalue weighted by atomic mass is 9.54. The lowest BCUT2D eigenvalue weighted by Gasteiger charge is -2.53. The van der Waals surface area contributed by atoms with Crippen LogP contribution in [0.4, 0.5) is 0 Å². The largest absolute Gasteiger partial charge is 0.508 e. The number of nitrogens with two attached hydrogens (primary N) is 1. The number of ketones is 2. The number of aliphatic hydroxyl groups excluding tert-OH is 3. The van der Waals surface area contributed by atoms with E-state index in [4.69, 9.17) is 5.73 Å². The van der Waals surface area contributed by atoms with Crippen molar-refractivity contribution in [1.29, 1.82) is 0 Å². The molecule has 6 atom stereocenters. The van der Waals surface area contributed by atoms with E-state index in [0.717, 1.165) is 5.56 Å². The van der Waals surface area contributed by atoms with E-state index in [1.165, 1.54) is 25.1 Å². The monoisotopic (exact) mass is 520 g/mol. The van der Waals surface area contributed by atoms with E-state index in [0.29, 0.717) is 11.1 Å². The predicted molar refractivity (Wildman–Crippen MR) is 136 cm³/mol. The lowest BCUT2D eigenvalue weighted by Crippen LogP contribution is -2.70. The van der Waals surface area contributed by atoms with Crippen molar-refractivity contribution < 1.29 is 39.9 Å². The normalized spacial score (nSPS) is 30.7. The van der Waals surface area contributed by atoms with E-state index in [-0.39, 0.29) is 11.3 Å². The van der Waals surface area contributed by atoms with Gasteiger partial charge in [-0.15, -0.1) is 0 Å². The quantitative estimate of drug-likeness (QED) is 0.324. The molecule has 0 spiro atoms. The van der Waals surface area contributed by atoms with E-state index < -0.39 is 75.6 Å². The van der Waals surface area contributed by atoms with Gasteiger partial charge in [0.05, 0.1) is 23.6 Å². The van der Waals surface area contributed by atoms with Crippen LogP contribution in [0.2, 0.25) is 0 Å². The summed E-state index contributed by atoms with van der Waals surface area (Å²) in [4.78, 5) is 40.6. The van der Waals surface area contributed by atoms with Gasteiger partial charge in [-0.2, -0.15) is 0 Å². The van der Waals surface area contributed by atoms with E-state index in [1.807, 2.05) is 30.3 Å². The van der Waals surface area contributed by atoms with Gasteiger partial charge >= 0.3 is 0 Å². The van der Waals surface area contributed by atoms with Crippen molar-refractivity contribution in [2.24, 2.45) is 17.6 Å². The molecule has 0 unspecified atom stereocenters. The summed E-state index contributed by atoms with van der Waals surface area (Å²) in [5.74, 6) is -9.08. The molecule has 3 aliphatic rings. The maximum Gasteiger partial charge on any atom is 0.255 e. The van der Waals surface area contributed by atoms with Crippen LogP contribution in [0.3, 0.4) is 0 Å². The molecule has 0 heterocycles. The van der Waals surface area contributed by atoms with Crippen molar-refractivity contribution in [3.63, 3.8) is 0 Å². The van der Waals surface area contributed by atoms with Crippen LogP contribution in [0.1, 0.15) is 24.0 Å². The predicted octanol–water partition coefficient (Wildman–Crippen LogP) is 1.16. The second kappa shape index (κ2) is 8.52. The zero-order valence-electron chi connectivity index (χ0n) is 20.9. The zero-order chi connectivity index (χ0) is 27.8. The Morgan fingerprint density at radius 2 is 1.66 bits per heavy atom. The molecule has 1 amide bonds. The fourth-order valence-corrected chi connectivity index (χ4v) is 6.44. The third-order valence-corrected chi connectivity index (χ3v) is 8.17. The van der Waals surface area contributed by atoms with Crippen molar-refractivity contribution in [3.8, 4) is 16.9 Å². The van der Waals surface area contributed by atoms with Crippen LogP contribution in [0.5, 0.6) is 5.75 Å². The number of hydrogen-bond acceptors (Lipinski definition) is 9. The van der Waals surface area contributed by atoms with E-state index >= 15 is 0 Å². The molecule has 7 N–H and O–H groups in total. The standard InChI is InChI=1S/C28H28N2O8/c1-11-14-9-13(12-7-5-4-6-8-12)10-15(31)17(14)22(32)18-16(11)23(33)20-21(30(2)3)24(34)19(27(29)37)26(36)28(20,38)25(18)35/h4-11,16,20-21,23,31-33,36,38H,1-3H3,(H2,29,37)/t11-,16+,20+,21-,23-,28-/m0/s1. The number of nitrogens with zero attached hydrogens (tertiary/aromatic N) is 1. The molecule has 0 aromatic heterocycles. The van der Waals surface area contributed by atoms with Crippen molar-refractivity contribution in [3.05, 3.63) is 70.5 Å². The van der Waals surface area contributed by atoms with Crippen molar-refractivity contribution in [2.45, 2.75) is 30.6 Å². The maximum atomic E-state index is 13.9. The number of aliphatic hydroxyl groups is 4. The first-order valence-electron chi connectivity index (χ1n) is 12.1. The Kier molecular flexibility index (Phi) is 5.75. The van der Waals surface area contributed by atoms with Gasteiger partial charge in [0.2, 0.25) is 5.78 Å². The number of hydrogen-bond donors (Lipinski definition) is 6. The number of benzene rings is 2.